The smallest absolute Gasteiger partial charge is 0.262 e. The molecule has 7 nitrogen and oxygen atoms in total. The molecule has 2 aromatic carbocycles. The molecule has 0 aromatic heterocycles. The summed E-state index contributed by atoms with van der Waals surface area (Å²) in [6.45, 7) is 6.20. The molecule has 3 amide bonds. The van der Waals surface area contributed by atoms with E-state index in [0.29, 0.717) is 37.3 Å². The molecular formula is C24H27N3O4. The Bertz CT molecular complexity index is 959. The Morgan fingerprint density at radius 2 is 1.42 bits per heavy atom. The van der Waals surface area contributed by atoms with E-state index in [9.17, 15) is 14.4 Å². The van der Waals surface area contributed by atoms with E-state index in [1.807, 2.05) is 38.1 Å². The fourth-order valence-electron chi connectivity index (χ4n) is 4.32. The Kier molecular flexibility index (Phi) is 5.67. The Morgan fingerprint density at radius 1 is 0.871 bits per heavy atom. The average molecular weight is 421 g/mol. The standard InChI is InChI=1S/C24H27N3O4/c1-16(2)21(27-22(28)19-6-4-5-7-20(19)23(27)29)24(30)26-14-12-25(13-15-26)17-8-10-18(31-3)11-9-17/h4-11,16,21H,12-15H2,1-3H3. The summed E-state index contributed by atoms with van der Waals surface area (Å²) in [5, 5.41) is 0. The fourth-order valence-corrected chi connectivity index (χ4v) is 4.32. The van der Waals surface area contributed by atoms with Crippen molar-refractivity contribution in [1.29, 1.82) is 0 Å². The van der Waals surface area contributed by atoms with Gasteiger partial charge in [-0.15, -0.1) is 0 Å². The second-order valence-corrected chi connectivity index (χ2v) is 8.23. The summed E-state index contributed by atoms with van der Waals surface area (Å²) in [7, 11) is 1.64. The van der Waals surface area contributed by atoms with Crippen LogP contribution in [0.5, 0.6) is 5.75 Å². The lowest BCUT2D eigenvalue weighted by molar-refractivity contribution is -0.137. The van der Waals surface area contributed by atoms with Gasteiger partial charge < -0.3 is 14.5 Å². The van der Waals surface area contributed by atoms with E-state index in [1.54, 1.807) is 36.3 Å². The molecule has 4 rings (SSSR count). The van der Waals surface area contributed by atoms with Gasteiger partial charge in [0.1, 0.15) is 11.8 Å². The molecule has 0 radical (unpaired) electrons. The first kappa shape index (κ1) is 20.9. The van der Waals surface area contributed by atoms with E-state index in [0.717, 1.165) is 16.3 Å². The molecule has 1 fully saturated rings. The largest absolute Gasteiger partial charge is 0.497 e. The molecule has 2 aliphatic heterocycles. The number of ether oxygens (including phenoxy) is 1. The van der Waals surface area contributed by atoms with Gasteiger partial charge in [0.05, 0.1) is 18.2 Å². The lowest BCUT2D eigenvalue weighted by Gasteiger charge is -2.39. The topological polar surface area (TPSA) is 70.2 Å². The molecule has 1 atom stereocenters. The van der Waals surface area contributed by atoms with Gasteiger partial charge in [-0.2, -0.15) is 0 Å². The van der Waals surface area contributed by atoms with Crippen molar-refractivity contribution in [2.75, 3.05) is 38.2 Å². The van der Waals surface area contributed by atoms with E-state index in [1.165, 1.54) is 0 Å². The maximum Gasteiger partial charge on any atom is 0.262 e. The van der Waals surface area contributed by atoms with Crippen LogP contribution in [0.3, 0.4) is 0 Å². The van der Waals surface area contributed by atoms with Gasteiger partial charge >= 0.3 is 0 Å². The third-order valence-electron chi connectivity index (χ3n) is 6.02. The highest BCUT2D eigenvalue weighted by molar-refractivity contribution is 6.22. The van der Waals surface area contributed by atoms with Crippen LogP contribution in [0.4, 0.5) is 5.69 Å². The van der Waals surface area contributed by atoms with Crippen LogP contribution in [0, 0.1) is 5.92 Å². The zero-order chi connectivity index (χ0) is 22.1. The molecule has 1 unspecified atom stereocenters. The van der Waals surface area contributed by atoms with Crippen molar-refractivity contribution in [3.05, 3.63) is 59.7 Å². The normalized spacial score (nSPS) is 17.2. The summed E-state index contributed by atoms with van der Waals surface area (Å²) >= 11 is 0. The highest BCUT2D eigenvalue weighted by atomic mass is 16.5. The van der Waals surface area contributed by atoms with Crippen molar-refractivity contribution in [3.63, 3.8) is 0 Å². The number of imide groups is 1. The zero-order valence-corrected chi connectivity index (χ0v) is 18.1. The van der Waals surface area contributed by atoms with Crippen LogP contribution in [-0.2, 0) is 4.79 Å². The Hall–Kier alpha value is -3.35. The first-order valence-corrected chi connectivity index (χ1v) is 10.6. The van der Waals surface area contributed by atoms with Gasteiger partial charge in [0, 0.05) is 31.9 Å². The highest BCUT2D eigenvalue weighted by Gasteiger charge is 2.45. The molecule has 0 aliphatic carbocycles. The molecule has 2 aliphatic rings. The summed E-state index contributed by atoms with van der Waals surface area (Å²) in [6.07, 6.45) is 0. The van der Waals surface area contributed by atoms with Gasteiger partial charge in [-0.25, -0.2) is 0 Å². The Morgan fingerprint density at radius 3 is 1.90 bits per heavy atom. The molecule has 2 aromatic rings. The van der Waals surface area contributed by atoms with Crippen molar-refractivity contribution in [1.82, 2.24) is 9.80 Å². The van der Waals surface area contributed by atoms with E-state index >= 15 is 0 Å². The van der Waals surface area contributed by atoms with Crippen molar-refractivity contribution in [3.8, 4) is 5.75 Å². The van der Waals surface area contributed by atoms with E-state index in [4.69, 9.17) is 4.74 Å². The Balaban J connectivity index is 1.48. The summed E-state index contributed by atoms with van der Waals surface area (Å²) in [6, 6.07) is 13.8. The minimum absolute atomic E-state index is 0.168. The summed E-state index contributed by atoms with van der Waals surface area (Å²) < 4.78 is 5.21. The number of hydrogen-bond donors (Lipinski definition) is 0. The van der Waals surface area contributed by atoms with Crippen LogP contribution in [0.15, 0.2) is 48.5 Å². The molecule has 0 spiro atoms. The summed E-state index contributed by atoms with van der Waals surface area (Å²) in [4.78, 5) is 44.5. The molecule has 0 N–H and O–H groups in total. The predicted molar refractivity (Wildman–Crippen MR) is 117 cm³/mol. The summed E-state index contributed by atoms with van der Waals surface area (Å²) in [5.41, 5.74) is 1.82. The van der Waals surface area contributed by atoms with Crippen molar-refractivity contribution in [2.24, 2.45) is 5.92 Å². The number of carbonyl (C=O) groups excluding carboxylic acids is 3. The number of benzene rings is 2. The highest BCUT2D eigenvalue weighted by Crippen LogP contribution is 2.28. The average Bonchev–Trinajstić information content (AvgIpc) is 3.04. The van der Waals surface area contributed by atoms with Crippen molar-refractivity contribution in [2.45, 2.75) is 19.9 Å². The minimum atomic E-state index is -0.806. The molecule has 1 saturated heterocycles. The minimum Gasteiger partial charge on any atom is -0.497 e. The van der Waals surface area contributed by atoms with Crippen LogP contribution in [-0.4, -0.2) is 66.9 Å². The molecular weight excluding hydrogens is 394 g/mol. The first-order valence-electron chi connectivity index (χ1n) is 10.6. The van der Waals surface area contributed by atoms with E-state index < -0.39 is 6.04 Å². The molecule has 7 heteroatoms. The third-order valence-corrected chi connectivity index (χ3v) is 6.02. The number of piperazine rings is 1. The van der Waals surface area contributed by atoms with Gasteiger partial charge in [-0.3, -0.25) is 19.3 Å². The van der Waals surface area contributed by atoms with E-state index in [2.05, 4.69) is 4.90 Å². The van der Waals surface area contributed by atoms with Crippen LogP contribution >= 0.6 is 0 Å². The number of rotatable bonds is 5. The second-order valence-electron chi connectivity index (χ2n) is 8.23. The lowest BCUT2D eigenvalue weighted by atomic mass is 10.0. The van der Waals surface area contributed by atoms with Crippen LogP contribution in [0.2, 0.25) is 0 Å². The van der Waals surface area contributed by atoms with Gasteiger partial charge in [0.15, 0.2) is 0 Å². The van der Waals surface area contributed by atoms with Crippen LogP contribution in [0.1, 0.15) is 34.6 Å². The van der Waals surface area contributed by atoms with Gasteiger partial charge in [0.2, 0.25) is 5.91 Å². The number of amides is 3. The van der Waals surface area contributed by atoms with Crippen LogP contribution < -0.4 is 9.64 Å². The van der Waals surface area contributed by atoms with Gasteiger partial charge in [-0.05, 0) is 42.3 Å². The molecule has 0 bridgehead atoms. The molecule has 2 heterocycles. The summed E-state index contributed by atoms with van der Waals surface area (Å²) in [5.74, 6) is -0.319. The van der Waals surface area contributed by atoms with Crippen LogP contribution in [0.25, 0.3) is 0 Å². The van der Waals surface area contributed by atoms with E-state index in [-0.39, 0.29) is 23.6 Å². The molecule has 0 saturated carbocycles. The molecule has 31 heavy (non-hydrogen) atoms. The van der Waals surface area contributed by atoms with Gasteiger partial charge in [-0.1, -0.05) is 26.0 Å². The number of fused-ring (bicyclic) bond motifs is 1. The maximum absolute atomic E-state index is 13.4. The SMILES string of the molecule is COc1ccc(N2CCN(C(=O)C(C(C)C)N3C(=O)c4ccccc4C3=O)CC2)cc1. The Labute approximate surface area is 182 Å². The number of hydrogen-bond acceptors (Lipinski definition) is 5. The van der Waals surface area contributed by atoms with Gasteiger partial charge in [0.25, 0.3) is 11.8 Å². The number of nitrogens with zero attached hydrogens (tertiary/aromatic N) is 3. The number of methoxy groups -OCH3 is 1. The predicted octanol–water partition coefficient (Wildman–Crippen LogP) is 2.66. The van der Waals surface area contributed by atoms with Crippen molar-refractivity contribution >= 4 is 23.4 Å². The third kappa shape index (κ3) is 3.76. The zero-order valence-electron chi connectivity index (χ0n) is 18.1. The fraction of sp³-hybridized carbons (Fsp3) is 0.375. The molecule has 162 valence electrons. The number of anilines is 1. The monoisotopic (exact) mass is 421 g/mol. The first-order chi connectivity index (χ1) is 14.9. The van der Waals surface area contributed by atoms with Crippen molar-refractivity contribution < 1.29 is 19.1 Å². The number of carbonyl (C=O) groups is 3. The lowest BCUT2D eigenvalue weighted by Crippen LogP contribution is -2.57. The maximum atomic E-state index is 13.4. The second kappa shape index (κ2) is 8.41. The quantitative estimate of drug-likeness (QED) is 0.695.